The molecule has 2 aromatic carbocycles. The van der Waals surface area contributed by atoms with E-state index in [9.17, 15) is 9.59 Å². The van der Waals surface area contributed by atoms with Gasteiger partial charge in [-0.1, -0.05) is 31.2 Å². The lowest BCUT2D eigenvalue weighted by Gasteiger charge is -2.11. The van der Waals surface area contributed by atoms with Gasteiger partial charge in [-0.3, -0.25) is 20.4 Å². The predicted molar refractivity (Wildman–Crippen MR) is 104 cm³/mol. The fraction of sp³-hybridized carbons (Fsp3) is 0.200. The van der Waals surface area contributed by atoms with E-state index < -0.39 is 5.91 Å². The number of aryl methyl sites for hydroxylation is 2. The molecular weight excluding hydrogens is 348 g/mol. The molecule has 5 nitrogen and oxygen atoms in total. The first-order chi connectivity index (χ1) is 12.5. The summed E-state index contributed by atoms with van der Waals surface area (Å²) in [7, 11) is 1.51. The Hall–Kier alpha value is -2.86. The van der Waals surface area contributed by atoms with Crippen LogP contribution in [0.4, 0.5) is 0 Å². The summed E-state index contributed by atoms with van der Waals surface area (Å²) in [6.45, 7) is 4.03. The molecule has 0 saturated carbocycles. The Bertz CT molecular complexity index is 978. The fourth-order valence-electron chi connectivity index (χ4n) is 2.79. The van der Waals surface area contributed by atoms with Crippen LogP contribution in [0, 0.1) is 6.92 Å². The van der Waals surface area contributed by atoms with Crippen LogP contribution in [0.3, 0.4) is 0 Å². The van der Waals surface area contributed by atoms with Crippen LogP contribution in [0.5, 0.6) is 5.75 Å². The Kier molecular flexibility index (Phi) is 5.23. The molecule has 0 atom stereocenters. The maximum atomic E-state index is 12.5. The summed E-state index contributed by atoms with van der Waals surface area (Å²) in [6.07, 6.45) is 0.879. The second-order valence-electron chi connectivity index (χ2n) is 5.88. The van der Waals surface area contributed by atoms with Gasteiger partial charge in [-0.05, 0) is 47.9 Å². The number of amides is 2. The molecule has 0 fully saturated rings. The molecule has 2 amide bonds. The number of ether oxygens (including phenoxy) is 1. The summed E-state index contributed by atoms with van der Waals surface area (Å²) in [5.74, 6) is -0.300. The van der Waals surface area contributed by atoms with Gasteiger partial charge in [0, 0.05) is 4.88 Å². The van der Waals surface area contributed by atoms with Crippen LogP contribution in [0.15, 0.2) is 42.5 Å². The topological polar surface area (TPSA) is 67.4 Å². The van der Waals surface area contributed by atoms with Gasteiger partial charge in [-0.2, -0.15) is 0 Å². The molecule has 0 bridgehead atoms. The largest absolute Gasteiger partial charge is 0.496 e. The van der Waals surface area contributed by atoms with E-state index in [-0.39, 0.29) is 5.91 Å². The number of rotatable bonds is 4. The molecule has 6 heteroatoms. The zero-order valence-electron chi connectivity index (χ0n) is 14.9. The summed E-state index contributed by atoms with van der Waals surface area (Å²) in [5.41, 5.74) is 6.40. The Morgan fingerprint density at radius 2 is 1.69 bits per heavy atom. The summed E-state index contributed by atoms with van der Waals surface area (Å²) < 4.78 is 5.33. The molecule has 1 aromatic heterocycles. The van der Waals surface area contributed by atoms with Gasteiger partial charge >= 0.3 is 0 Å². The maximum absolute atomic E-state index is 12.5. The molecule has 0 radical (unpaired) electrons. The van der Waals surface area contributed by atoms with E-state index in [4.69, 9.17) is 4.74 Å². The zero-order valence-corrected chi connectivity index (χ0v) is 15.7. The van der Waals surface area contributed by atoms with Crippen LogP contribution in [-0.2, 0) is 6.42 Å². The van der Waals surface area contributed by atoms with Crippen molar-refractivity contribution in [3.8, 4) is 5.75 Å². The SMILES string of the molecule is CCc1sc(C(=O)NNC(=O)c2cc3ccccc3cc2OC)cc1C. The molecule has 134 valence electrons. The van der Waals surface area contributed by atoms with Crippen LogP contribution >= 0.6 is 11.3 Å². The highest BCUT2D eigenvalue weighted by Crippen LogP contribution is 2.26. The van der Waals surface area contributed by atoms with Crippen LogP contribution in [0.25, 0.3) is 10.8 Å². The van der Waals surface area contributed by atoms with Gasteiger partial charge in [0.05, 0.1) is 17.6 Å². The van der Waals surface area contributed by atoms with Crippen molar-refractivity contribution in [1.29, 1.82) is 0 Å². The molecule has 0 saturated heterocycles. The molecule has 3 aromatic rings. The molecule has 0 aliphatic heterocycles. The highest BCUT2D eigenvalue weighted by atomic mass is 32.1. The highest BCUT2D eigenvalue weighted by molar-refractivity contribution is 7.14. The van der Waals surface area contributed by atoms with Crippen molar-refractivity contribution in [2.24, 2.45) is 0 Å². The first-order valence-corrected chi connectivity index (χ1v) is 9.12. The average molecular weight is 368 g/mol. The van der Waals surface area contributed by atoms with Gasteiger partial charge in [-0.25, -0.2) is 0 Å². The molecule has 2 N–H and O–H groups in total. The molecule has 0 unspecified atom stereocenters. The monoisotopic (exact) mass is 368 g/mol. The van der Waals surface area contributed by atoms with Crippen molar-refractivity contribution >= 4 is 33.9 Å². The number of hydrogen-bond donors (Lipinski definition) is 2. The predicted octanol–water partition coefficient (Wildman–Crippen LogP) is 3.86. The van der Waals surface area contributed by atoms with Crippen molar-refractivity contribution in [2.45, 2.75) is 20.3 Å². The summed E-state index contributed by atoms with van der Waals surface area (Å²) in [5, 5.41) is 1.90. The highest BCUT2D eigenvalue weighted by Gasteiger charge is 2.16. The average Bonchev–Trinajstić information content (AvgIpc) is 3.05. The van der Waals surface area contributed by atoms with Crippen molar-refractivity contribution in [3.05, 3.63) is 63.3 Å². The first-order valence-electron chi connectivity index (χ1n) is 8.30. The smallest absolute Gasteiger partial charge is 0.279 e. The van der Waals surface area contributed by atoms with E-state index in [2.05, 4.69) is 10.9 Å². The second kappa shape index (κ2) is 7.58. The third kappa shape index (κ3) is 3.55. The first kappa shape index (κ1) is 17.9. The number of hydrogen-bond acceptors (Lipinski definition) is 4. The van der Waals surface area contributed by atoms with Crippen LogP contribution in [-0.4, -0.2) is 18.9 Å². The number of methoxy groups -OCH3 is 1. The van der Waals surface area contributed by atoms with Gasteiger partial charge in [0.2, 0.25) is 0 Å². The standard InChI is InChI=1S/C20H20N2O3S/c1-4-17-12(2)9-18(26-17)20(24)22-21-19(23)15-10-13-7-5-6-8-14(13)11-16(15)25-3/h5-11H,4H2,1-3H3,(H,21,23)(H,22,24). The molecule has 0 aliphatic rings. The summed E-state index contributed by atoms with van der Waals surface area (Å²) in [4.78, 5) is 26.6. The molecular formula is C20H20N2O3S. The van der Waals surface area contributed by atoms with Gasteiger partial charge in [0.1, 0.15) is 5.75 Å². The van der Waals surface area contributed by atoms with Crippen LogP contribution in [0.2, 0.25) is 0 Å². The molecule has 26 heavy (non-hydrogen) atoms. The minimum absolute atomic E-state index is 0.328. The van der Waals surface area contributed by atoms with E-state index >= 15 is 0 Å². The Morgan fingerprint density at radius 1 is 1.04 bits per heavy atom. The van der Waals surface area contributed by atoms with E-state index in [1.807, 2.05) is 50.2 Å². The van der Waals surface area contributed by atoms with E-state index in [0.29, 0.717) is 16.2 Å². The number of benzene rings is 2. The zero-order chi connectivity index (χ0) is 18.7. The molecule has 1 heterocycles. The van der Waals surface area contributed by atoms with Crippen molar-refractivity contribution in [2.75, 3.05) is 7.11 Å². The lowest BCUT2D eigenvalue weighted by Crippen LogP contribution is -2.41. The summed E-state index contributed by atoms with van der Waals surface area (Å²) in [6, 6.07) is 13.1. The third-order valence-electron chi connectivity index (χ3n) is 4.17. The normalized spacial score (nSPS) is 10.6. The van der Waals surface area contributed by atoms with Crippen molar-refractivity contribution in [1.82, 2.24) is 10.9 Å². The summed E-state index contributed by atoms with van der Waals surface area (Å²) >= 11 is 1.44. The van der Waals surface area contributed by atoms with Gasteiger partial charge in [-0.15, -0.1) is 11.3 Å². The number of carbonyl (C=O) groups is 2. The number of thiophene rings is 1. The number of nitrogens with one attached hydrogen (secondary N) is 2. The van der Waals surface area contributed by atoms with Gasteiger partial charge < -0.3 is 4.74 Å². The van der Waals surface area contributed by atoms with Gasteiger partial charge in [0.15, 0.2) is 0 Å². The molecule has 0 spiro atoms. The van der Waals surface area contributed by atoms with E-state index in [1.165, 1.54) is 18.4 Å². The Balaban J connectivity index is 1.77. The third-order valence-corrected chi connectivity index (χ3v) is 5.55. The van der Waals surface area contributed by atoms with Gasteiger partial charge in [0.25, 0.3) is 11.8 Å². The molecule has 3 rings (SSSR count). The number of fused-ring (bicyclic) bond motifs is 1. The minimum atomic E-state index is -0.426. The minimum Gasteiger partial charge on any atom is -0.496 e. The van der Waals surface area contributed by atoms with Crippen LogP contribution < -0.4 is 15.6 Å². The van der Waals surface area contributed by atoms with E-state index in [0.717, 1.165) is 27.6 Å². The van der Waals surface area contributed by atoms with Crippen LogP contribution in [0.1, 0.15) is 37.4 Å². The van der Waals surface area contributed by atoms with Crippen molar-refractivity contribution < 1.29 is 14.3 Å². The lowest BCUT2D eigenvalue weighted by atomic mass is 10.1. The fourth-order valence-corrected chi connectivity index (χ4v) is 3.80. The van der Waals surface area contributed by atoms with Crippen molar-refractivity contribution in [3.63, 3.8) is 0 Å². The Morgan fingerprint density at radius 3 is 2.31 bits per heavy atom. The quantitative estimate of drug-likeness (QED) is 0.687. The molecule has 0 aliphatic carbocycles. The maximum Gasteiger partial charge on any atom is 0.279 e. The number of carbonyl (C=O) groups excluding carboxylic acids is 2. The second-order valence-corrected chi connectivity index (χ2v) is 7.02. The lowest BCUT2D eigenvalue weighted by molar-refractivity contribution is 0.0847. The Labute approximate surface area is 156 Å². The van der Waals surface area contributed by atoms with E-state index in [1.54, 1.807) is 6.07 Å². The number of hydrazine groups is 1.